The Morgan fingerprint density at radius 3 is 2.45 bits per heavy atom. The number of pyridine rings is 1. The van der Waals surface area contributed by atoms with Crippen LogP contribution in [0.4, 0.5) is 11.4 Å². The number of benzene rings is 2. The van der Waals surface area contributed by atoms with Crippen molar-refractivity contribution in [3.8, 4) is 5.75 Å². The van der Waals surface area contributed by atoms with Gasteiger partial charge in [-0.25, -0.2) is 8.42 Å². The first kappa shape index (κ1) is 22.3. The number of amides is 1. The van der Waals surface area contributed by atoms with Crippen LogP contribution >= 0.6 is 0 Å². The van der Waals surface area contributed by atoms with Gasteiger partial charge in [0.1, 0.15) is 5.75 Å². The van der Waals surface area contributed by atoms with E-state index in [0.717, 1.165) is 11.1 Å². The molecule has 162 valence electrons. The second-order valence-corrected chi connectivity index (χ2v) is 8.83. The minimum atomic E-state index is -3.76. The van der Waals surface area contributed by atoms with Gasteiger partial charge in [0, 0.05) is 11.9 Å². The molecule has 0 aliphatic carbocycles. The molecule has 1 heterocycles. The second kappa shape index (κ2) is 9.61. The number of sulfonamides is 1. The summed E-state index contributed by atoms with van der Waals surface area (Å²) in [6.07, 6.45) is 2.80. The minimum Gasteiger partial charge on any atom is -0.480 e. The monoisotopic (exact) mass is 439 g/mol. The topological polar surface area (TPSA) is 97.4 Å². The lowest BCUT2D eigenvalue weighted by atomic mass is 10.1. The number of anilines is 2. The van der Waals surface area contributed by atoms with Gasteiger partial charge in [-0.05, 0) is 73.9 Å². The van der Waals surface area contributed by atoms with E-state index >= 15 is 0 Å². The van der Waals surface area contributed by atoms with Gasteiger partial charge in [0.15, 0.2) is 6.10 Å². The van der Waals surface area contributed by atoms with Crippen LogP contribution in [0.25, 0.3) is 0 Å². The van der Waals surface area contributed by atoms with Crippen molar-refractivity contribution in [1.82, 2.24) is 4.98 Å². The van der Waals surface area contributed by atoms with E-state index in [-0.39, 0.29) is 10.8 Å². The van der Waals surface area contributed by atoms with Crippen molar-refractivity contribution in [3.05, 3.63) is 78.1 Å². The molecule has 1 atom stereocenters. The minimum absolute atomic E-state index is 0.0769. The van der Waals surface area contributed by atoms with Crippen LogP contribution in [-0.2, 0) is 14.8 Å². The molecule has 3 rings (SSSR count). The van der Waals surface area contributed by atoms with Crippen LogP contribution in [0.3, 0.4) is 0 Å². The van der Waals surface area contributed by atoms with Crippen molar-refractivity contribution in [2.45, 2.75) is 38.2 Å². The summed E-state index contributed by atoms with van der Waals surface area (Å²) in [5.74, 6) is 0.373. The van der Waals surface area contributed by atoms with Gasteiger partial charge in [0.05, 0.1) is 16.8 Å². The first-order chi connectivity index (χ1) is 14.8. The molecule has 2 N–H and O–H groups in total. The molecule has 2 aromatic carbocycles. The fraction of sp³-hybridized carbons (Fsp3) is 0.217. The third kappa shape index (κ3) is 5.82. The Balaban J connectivity index is 1.68. The van der Waals surface area contributed by atoms with Gasteiger partial charge in [0.2, 0.25) is 0 Å². The normalized spacial score (nSPS) is 12.1. The Kier molecular flexibility index (Phi) is 6.91. The maximum Gasteiger partial charge on any atom is 0.265 e. The zero-order chi connectivity index (χ0) is 22.4. The molecule has 0 saturated heterocycles. The zero-order valence-electron chi connectivity index (χ0n) is 17.6. The molecule has 0 bridgehead atoms. The number of ether oxygens (including phenoxy) is 1. The SMILES string of the molecule is CCC(Oc1cc(C)ccc1C)C(=O)Nc1ccc(S(=O)(=O)Nc2cccnc2)cc1. The average molecular weight is 440 g/mol. The van der Waals surface area contributed by atoms with Crippen molar-refractivity contribution in [1.29, 1.82) is 0 Å². The molecule has 1 unspecified atom stereocenters. The average Bonchev–Trinajstić information content (AvgIpc) is 2.75. The lowest BCUT2D eigenvalue weighted by molar-refractivity contribution is -0.122. The van der Waals surface area contributed by atoms with Crippen molar-refractivity contribution < 1.29 is 17.9 Å². The molecule has 0 saturated carbocycles. The maximum absolute atomic E-state index is 12.7. The summed E-state index contributed by atoms with van der Waals surface area (Å²) in [5.41, 5.74) is 2.85. The van der Waals surface area contributed by atoms with Crippen LogP contribution in [0.1, 0.15) is 24.5 Å². The van der Waals surface area contributed by atoms with Crippen molar-refractivity contribution in [2.24, 2.45) is 0 Å². The van der Waals surface area contributed by atoms with Gasteiger partial charge in [-0.1, -0.05) is 19.1 Å². The van der Waals surface area contributed by atoms with Crippen LogP contribution in [0.15, 0.2) is 71.9 Å². The molecule has 8 heteroatoms. The van der Waals surface area contributed by atoms with Crippen LogP contribution in [0.2, 0.25) is 0 Å². The molecule has 0 fully saturated rings. The first-order valence-corrected chi connectivity index (χ1v) is 11.3. The maximum atomic E-state index is 12.7. The number of aromatic nitrogens is 1. The van der Waals surface area contributed by atoms with E-state index in [2.05, 4.69) is 15.0 Å². The molecule has 1 aromatic heterocycles. The van der Waals surface area contributed by atoms with Gasteiger partial charge < -0.3 is 10.1 Å². The molecule has 7 nitrogen and oxygen atoms in total. The molecule has 1 amide bonds. The quantitative estimate of drug-likeness (QED) is 0.546. The number of hydrogen-bond donors (Lipinski definition) is 2. The highest BCUT2D eigenvalue weighted by Gasteiger charge is 2.20. The lowest BCUT2D eigenvalue weighted by Gasteiger charge is -2.19. The van der Waals surface area contributed by atoms with Gasteiger partial charge in [-0.3, -0.25) is 14.5 Å². The number of hydrogen-bond acceptors (Lipinski definition) is 5. The molecular formula is C23H25N3O4S. The Morgan fingerprint density at radius 1 is 1.06 bits per heavy atom. The Labute approximate surface area is 182 Å². The standard InChI is InChI=1S/C23H25N3O4S/c1-4-21(30-22-14-16(2)7-8-17(22)3)23(27)25-18-9-11-20(12-10-18)31(28,29)26-19-6-5-13-24-15-19/h5-15,21,26H,4H2,1-3H3,(H,25,27). The lowest BCUT2D eigenvalue weighted by Crippen LogP contribution is -2.32. The summed E-state index contributed by atoms with van der Waals surface area (Å²) in [6.45, 7) is 5.76. The number of carbonyl (C=O) groups excluding carboxylic acids is 1. The van der Waals surface area contributed by atoms with Crippen LogP contribution in [0, 0.1) is 13.8 Å². The van der Waals surface area contributed by atoms with Gasteiger partial charge in [-0.2, -0.15) is 0 Å². The highest BCUT2D eigenvalue weighted by Crippen LogP contribution is 2.22. The number of carbonyl (C=O) groups is 1. The van der Waals surface area contributed by atoms with Crippen LogP contribution in [0.5, 0.6) is 5.75 Å². The third-order valence-electron chi connectivity index (χ3n) is 4.62. The Bertz CT molecular complexity index is 1150. The molecule has 0 aliphatic heterocycles. The highest BCUT2D eigenvalue weighted by molar-refractivity contribution is 7.92. The van der Waals surface area contributed by atoms with E-state index in [1.807, 2.05) is 39.0 Å². The highest BCUT2D eigenvalue weighted by atomic mass is 32.2. The Morgan fingerprint density at radius 2 is 1.81 bits per heavy atom. The smallest absolute Gasteiger partial charge is 0.265 e. The number of rotatable bonds is 8. The molecule has 31 heavy (non-hydrogen) atoms. The summed E-state index contributed by atoms with van der Waals surface area (Å²) >= 11 is 0. The van der Waals surface area contributed by atoms with Crippen molar-refractivity contribution in [3.63, 3.8) is 0 Å². The first-order valence-electron chi connectivity index (χ1n) is 9.86. The van der Waals surface area contributed by atoms with Gasteiger partial charge in [-0.15, -0.1) is 0 Å². The predicted octanol–water partition coefficient (Wildman–Crippen LogP) is 4.30. The summed E-state index contributed by atoms with van der Waals surface area (Å²) < 4.78 is 33.4. The van der Waals surface area contributed by atoms with Crippen LogP contribution < -0.4 is 14.8 Å². The third-order valence-corrected chi connectivity index (χ3v) is 6.02. The molecule has 0 spiro atoms. The molecule has 0 radical (unpaired) electrons. The van der Waals surface area contributed by atoms with Crippen molar-refractivity contribution >= 4 is 27.3 Å². The predicted molar refractivity (Wildman–Crippen MR) is 121 cm³/mol. The van der Waals surface area contributed by atoms with E-state index in [4.69, 9.17) is 4.74 Å². The van der Waals surface area contributed by atoms with Crippen LogP contribution in [-0.4, -0.2) is 25.4 Å². The summed E-state index contributed by atoms with van der Waals surface area (Å²) in [6, 6.07) is 15.0. The zero-order valence-corrected chi connectivity index (χ0v) is 18.4. The fourth-order valence-corrected chi connectivity index (χ4v) is 3.93. The van der Waals surface area contributed by atoms with Gasteiger partial charge >= 0.3 is 0 Å². The largest absolute Gasteiger partial charge is 0.480 e. The van der Waals surface area contributed by atoms with E-state index in [9.17, 15) is 13.2 Å². The second-order valence-electron chi connectivity index (χ2n) is 7.14. The van der Waals surface area contributed by atoms with E-state index < -0.39 is 16.1 Å². The molecular weight excluding hydrogens is 414 g/mol. The molecule has 3 aromatic rings. The number of aryl methyl sites for hydroxylation is 2. The van der Waals surface area contributed by atoms with Crippen molar-refractivity contribution in [2.75, 3.05) is 10.0 Å². The number of nitrogens with zero attached hydrogens (tertiary/aromatic N) is 1. The van der Waals surface area contributed by atoms with Gasteiger partial charge in [0.25, 0.3) is 15.9 Å². The van der Waals surface area contributed by atoms with E-state index in [0.29, 0.717) is 23.5 Å². The number of nitrogens with one attached hydrogen (secondary N) is 2. The molecule has 0 aliphatic rings. The fourth-order valence-electron chi connectivity index (χ4n) is 2.89. The summed E-state index contributed by atoms with van der Waals surface area (Å²) in [5, 5.41) is 2.79. The van der Waals surface area contributed by atoms with E-state index in [1.165, 1.54) is 18.3 Å². The summed E-state index contributed by atoms with van der Waals surface area (Å²) in [7, 11) is -3.76. The van der Waals surface area contributed by atoms with E-state index in [1.54, 1.807) is 30.5 Å². The Hall–Kier alpha value is -3.39. The summed E-state index contributed by atoms with van der Waals surface area (Å²) in [4.78, 5) is 16.7.